The highest BCUT2D eigenvalue weighted by Gasteiger charge is 2.19. The predicted molar refractivity (Wildman–Crippen MR) is 76.9 cm³/mol. The molecule has 2 aromatic carbocycles. The van der Waals surface area contributed by atoms with Crippen molar-refractivity contribution in [3.63, 3.8) is 0 Å². The molecule has 0 aliphatic heterocycles. The van der Waals surface area contributed by atoms with Gasteiger partial charge in [0.2, 0.25) is 0 Å². The molecule has 0 radical (unpaired) electrons. The Hall–Kier alpha value is -0.875. The van der Waals surface area contributed by atoms with Gasteiger partial charge >= 0.3 is 7.12 Å². The van der Waals surface area contributed by atoms with Crippen LogP contribution in [0.15, 0.2) is 40.9 Å². The van der Waals surface area contributed by atoms with E-state index in [2.05, 4.69) is 15.9 Å². The molecule has 0 atom stereocenters. The van der Waals surface area contributed by atoms with Crippen LogP contribution in [0.1, 0.15) is 0 Å². The van der Waals surface area contributed by atoms with Gasteiger partial charge in [0, 0.05) is 24.6 Å². The highest BCUT2D eigenvalue weighted by atomic mass is 79.9. The lowest BCUT2D eigenvalue weighted by molar-refractivity contribution is 0.426. The van der Waals surface area contributed by atoms with Crippen LogP contribution < -0.4 is 5.46 Å². The van der Waals surface area contributed by atoms with Crippen molar-refractivity contribution < 1.29 is 10.0 Å². The fourth-order valence-electron chi connectivity index (χ4n) is 2.04. The summed E-state index contributed by atoms with van der Waals surface area (Å²) in [6, 6.07) is 11.6. The molecule has 2 N–H and O–H groups in total. The van der Waals surface area contributed by atoms with E-state index in [-0.39, 0.29) is 0 Å². The molecule has 0 bridgehead atoms. The number of hydrogen-bond donors (Lipinski definition) is 2. The number of hydrogen-bond acceptors (Lipinski definition) is 3. The topological polar surface area (TPSA) is 40.5 Å². The Morgan fingerprint density at radius 3 is 2.59 bits per heavy atom. The maximum Gasteiger partial charge on any atom is 0.489 e. The first-order valence-electron chi connectivity index (χ1n) is 5.14. The quantitative estimate of drug-likeness (QED) is 0.678. The molecule has 0 fully saturated rings. The van der Waals surface area contributed by atoms with Crippen molar-refractivity contribution in [1.82, 2.24) is 0 Å². The molecule has 2 nitrogen and oxygen atoms in total. The van der Waals surface area contributed by atoms with E-state index in [9.17, 15) is 10.0 Å². The largest absolute Gasteiger partial charge is 0.489 e. The summed E-state index contributed by atoms with van der Waals surface area (Å²) < 4.78 is 3.19. The van der Waals surface area contributed by atoms with Crippen molar-refractivity contribution in [1.29, 1.82) is 0 Å². The minimum absolute atomic E-state index is 0.556. The summed E-state index contributed by atoms with van der Waals surface area (Å²) in [4.78, 5) is 0. The van der Waals surface area contributed by atoms with E-state index in [1.165, 1.54) is 0 Å². The first kappa shape index (κ1) is 11.2. The Morgan fingerprint density at radius 2 is 1.82 bits per heavy atom. The van der Waals surface area contributed by atoms with Crippen LogP contribution in [0.25, 0.3) is 20.2 Å². The van der Waals surface area contributed by atoms with Gasteiger partial charge in [0.05, 0.1) is 0 Å². The molecule has 3 aromatic rings. The molecule has 1 aromatic heterocycles. The van der Waals surface area contributed by atoms with Gasteiger partial charge in [-0.2, -0.15) is 0 Å². The van der Waals surface area contributed by atoms with Gasteiger partial charge in [-0.3, -0.25) is 0 Å². The van der Waals surface area contributed by atoms with E-state index in [1.807, 2.05) is 30.3 Å². The summed E-state index contributed by atoms with van der Waals surface area (Å²) >= 11 is 5.16. The Kier molecular flexibility index (Phi) is 2.71. The Morgan fingerprint density at radius 1 is 1.06 bits per heavy atom. The van der Waals surface area contributed by atoms with Crippen LogP contribution in [0, 0.1) is 0 Å². The van der Waals surface area contributed by atoms with Gasteiger partial charge in [-0.15, -0.1) is 11.3 Å². The fourth-order valence-corrected chi connectivity index (χ4v) is 3.75. The van der Waals surface area contributed by atoms with Gasteiger partial charge in [-0.25, -0.2) is 0 Å². The second kappa shape index (κ2) is 4.10. The zero-order chi connectivity index (χ0) is 12.0. The Balaban J connectivity index is 2.56. The summed E-state index contributed by atoms with van der Waals surface area (Å²) in [6.07, 6.45) is 0. The molecule has 3 rings (SSSR count). The average Bonchev–Trinajstić information content (AvgIpc) is 2.69. The summed E-state index contributed by atoms with van der Waals surface area (Å²) in [5.41, 5.74) is 0.556. The molecule has 1 heterocycles. The monoisotopic (exact) mass is 306 g/mol. The molecule has 0 saturated carbocycles. The lowest BCUT2D eigenvalue weighted by Gasteiger charge is -2.03. The molecule has 0 spiro atoms. The smallest absolute Gasteiger partial charge is 0.423 e. The number of benzene rings is 2. The van der Waals surface area contributed by atoms with E-state index in [0.717, 1.165) is 24.6 Å². The standard InChI is InChI=1S/C12H8BBrO2S/c14-9-6-5-8(13(15)16)11-7-3-1-2-4-10(7)17-12(9)11/h1-6,15-16H. The van der Waals surface area contributed by atoms with Gasteiger partial charge in [0.15, 0.2) is 0 Å². The summed E-state index contributed by atoms with van der Waals surface area (Å²) in [7, 11) is -1.44. The minimum Gasteiger partial charge on any atom is -0.423 e. The first-order valence-corrected chi connectivity index (χ1v) is 6.75. The maximum atomic E-state index is 9.44. The minimum atomic E-state index is -1.44. The summed E-state index contributed by atoms with van der Waals surface area (Å²) in [5, 5.41) is 20.9. The predicted octanol–water partition coefficient (Wildman–Crippen LogP) is 2.50. The lowest BCUT2D eigenvalue weighted by Crippen LogP contribution is -2.30. The van der Waals surface area contributed by atoms with Gasteiger partial charge in [-0.1, -0.05) is 24.3 Å². The van der Waals surface area contributed by atoms with Gasteiger partial charge in [0.25, 0.3) is 0 Å². The van der Waals surface area contributed by atoms with E-state index in [4.69, 9.17) is 0 Å². The van der Waals surface area contributed by atoms with Crippen molar-refractivity contribution in [2.24, 2.45) is 0 Å². The van der Waals surface area contributed by atoms with Crippen molar-refractivity contribution in [3.05, 3.63) is 40.9 Å². The molecule has 0 unspecified atom stereocenters. The zero-order valence-corrected chi connectivity index (χ0v) is 11.1. The molecular weight excluding hydrogens is 299 g/mol. The van der Waals surface area contributed by atoms with Crippen molar-refractivity contribution >= 4 is 60.0 Å². The van der Waals surface area contributed by atoms with Crippen molar-refractivity contribution in [2.45, 2.75) is 0 Å². The lowest BCUT2D eigenvalue weighted by atomic mass is 9.77. The number of halogens is 1. The van der Waals surface area contributed by atoms with E-state index >= 15 is 0 Å². The second-order valence-electron chi connectivity index (χ2n) is 3.81. The number of thiophene rings is 1. The van der Waals surface area contributed by atoms with Crippen LogP contribution in [0.5, 0.6) is 0 Å². The third kappa shape index (κ3) is 1.70. The third-order valence-corrected chi connectivity index (χ3v) is 4.92. The van der Waals surface area contributed by atoms with Crippen molar-refractivity contribution in [2.75, 3.05) is 0 Å². The summed E-state index contributed by atoms with van der Waals surface area (Å²) in [6.45, 7) is 0. The van der Waals surface area contributed by atoms with Gasteiger partial charge in [0.1, 0.15) is 0 Å². The maximum absolute atomic E-state index is 9.44. The fraction of sp³-hybridized carbons (Fsp3) is 0. The molecule has 0 amide bonds. The second-order valence-corrected chi connectivity index (χ2v) is 5.72. The van der Waals surface area contributed by atoms with Crippen LogP contribution in [-0.4, -0.2) is 17.2 Å². The van der Waals surface area contributed by atoms with E-state index in [1.54, 1.807) is 17.4 Å². The van der Waals surface area contributed by atoms with Crippen LogP contribution in [0.2, 0.25) is 0 Å². The molecule has 0 aliphatic carbocycles. The molecule has 0 saturated heterocycles. The van der Waals surface area contributed by atoms with Crippen molar-refractivity contribution in [3.8, 4) is 0 Å². The van der Waals surface area contributed by atoms with Gasteiger partial charge < -0.3 is 10.0 Å². The third-order valence-electron chi connectivity index (χ3n) is 2.79. The highest BCUT2D eigenvalue weighted by molar-refractivity contribution is 9.10. The number of fused-ring (bicyclic) bond motifs is 3. The summed E-state index contributed by atoms with van der Waals surface area (Å²) in [5.74, 6) is 0. The molecule has 0 aliphatic rings. The Labute approximate surface area is 111 Å². The molecule has 17 heavy (non-hydrogen) atoms. The first-order chi connectivity index (χ1) is 8.18. The average molecular weight is 307 g/mol. The Bertz CT molecular complexity index is 708. The normalized spacial score (nSPS) is 11.2. The number of rotatable bonds is 1. The van der Waals surface area contributed by atoms with Crippen LogP contribution in [0.4, 0.5) is 0 Å². The SMILES string of the molecule is OB(O)c1ccc(Br)c2sc3ccccc3c12. The van der Waals surface area contributed by atoms with Crippen LogP contribution >= 0.6 is 27.3 Å². The van der Waals surface area contributed by atoms with E-state index in [0.29, 0.717) is 5.46 Å². The van der Waals surface area contributed by atoms with Crippen LogP contribution in [-0.2, 0) is 0 Å². The van der Waals surface area contributed by atoms with Gasteiger partial charge in [-0.05, 0) is 33.5 Å². The van der Waals surface area contributed by atoms with Crippen LogP contribution in [0.3, 0.4) is 0 Å². The molecule has 84 valence electrons. The molecule has 5 heteroatoms. The molecular formula is C12H8BBrO2S. The highest BCUT2D eigenvalue weighted by Crippen LogP contribution is 2.36. The van der Waals surface area contributed by atoms with E-state index < -0.39 is 7.12 Å². The zero-order valence-electron chi connectivity index (χ0n) is 8.72.